The molecular weight excluding hydrogens is 290 g/mol. The van der Waals surface area contributed by atoms with Crippen molar-refractivity contribution in [2.24, 2.45) is 17.5 Å². The summed E-state index contributed by atoms with van der Waals surface area (Å²) in [6.45, 7) is 1.95. The van der Waals surface area contributed by atoms with Crippen LogP contribution in [0.5, 0.6) is 0 Å². The Morgan fingerprint density at radius 3 is 2.72 bits per heavy atom. The molecular formula is C14H20BrN3. The molecule has 1 aromatic rings. The normalized spacial score (nSPS) is 18.3. The van der Waals surface area contributed by atoms with Crippen molar-refractivity contribution in [1.29, 1.82) is 0 Å². The zero-order chi connectivity index (χ0) is 13.1. The van der Waals surface area contributed by atoms with E-state index in [1.54, 1.807) is 6.20 Å². The number of rotatable bonds is 4. The number of benzene rings is 1. The topological polar surface area (TPSA) is 55.3 Å². The molecule has 98 valence electrons. The van der Waals surface area contributed by atoms with Crippen LogP contribution in [0.1, 0.15) is 37.8 Å². The van der Waals surface area contributed by atoms with E-state index < -0.39 is 0 Å². The molecule has 1 aromatic carbocycles. The minimum atomic E-state index is 0.219. The van der Waals surface area contributed by atoms with Crippen molar-refractivity contribution in [3.63, 3.8) is 0 Å². The van der Waals surface area contributed by atoms with Gasteiger partial charge in [-0.25, -0.2) is 5.84 Å². The molecule has 2 rings (SSSR count). The van der Waals surface area contributed by atoms with Crippen molar-refractivity contribution in [1.82, 2.24) is 5.01 Å². The van der Waals surface area contributed by atoms with E-state index in [1.165, 1.54) is 24.8 Å². The summed E-state index contributed by atoms with van der Waals surface area (Å²) in [5.41, 5.74) is 7.74. The lowest BCUT2D eigenvalue weighted by molar-refractivity contribution is 0.126. The lowest BCUT2D eigenvalue weighted by Crippen LogP contribution is -2.40. The van der Waals surface area contributed by atoms with Crippen LogP contribution in [-0.2, 0) is 0 Å². The van der Waals surface area contributed by atoms with Gasteiger partial charge in [-0.05, 0) is 43.4 Å². The van der Waals surface area contributed by atoms with Gasteiger partial charge >= 0.3 is 0 Å². The molecule has 0 saturated heterocycles. The number of hydrogen-bond acceptors (Lipinski definition) is 3. The van der Waals surface area contributed by atoms with E-state index in [1.807, 2.05) is 18.0 Å². The van der Waals surface area contributed by atoms with Crippen LogP contribution in [0.3, 0.4) is 0 Å². The first-order chi connectivity index (χ1) is 8.63. The largest absolute Gasteiger partial charge is 0.403 e. The van der Waals surface area contributed by atoms with Gasteiger partial charge in [0.15, 0.2) is 0 Å². The van der Waals surface area contributed by atoms with Crippen LogP contribution in [0.15, 0.2) is 40.6 Å². The second-order valence-corrected chi connectivity index (χ2v) is 5.82. The molecule has 1 unspecified atom stereocenters. The molecule has 1 aliphatic rings. The van der Waals surface area contributed by atoms with Crippen molar-refractivity contribution in [3.8, 4) is 0 Å². The van der Waals surface area contributed by atoms with Gasteiger partial charge in [-0.3, -0.25) is 0 Å². The first-order valence-corrected chi connectivity index (χ1v) is 7.10. The molecule has 3 nitrogen and oxygen atoms in total. The highest BCUT2D eigenvalue weighted by Crippen LogP contribution is 2.41. The molecule has 4 heteroatoms. The van der Waals surface area contributed by atoms with E-state index in [0.717, 1.165) is 10.2 Å². The molecule has 0 aliphatic heterocycles. The molecule has 0 heterocycles. The van der Waals surface area contributed by atoms with Crippen molar-refractivity contribution in [3.05, 3.63) is 46.2 Å². The van der Waals surface area contributed by atoms with E-state index in [-0.39, 0.29) is 6.04 Å². The van der Waals surface area contributed by atoms with E-state index in [0.29, 0.717) is 5.92 Å². The highest BCUT2D eigenvalue weighted by atomic mass is 79.9. The maximum atomic E-state index is 6.23. The van der Waals surface area contributed by atoms with Gasteiger partial charge in [0.1, 0.15) is 0 Å². The summed E-state index contributed by atoms with van der Waals surface area (Å²) in [7, 11) is 0. The number of hydrazine groups is 1. The van der Waals surface area contributed by atoms with E-state index in [2.05, 4.69) is 34.1 Å². The Morgan fingerprint density at radius 2 is 2.22 bits per heavy atom. The summed E-state index contributed by atoms with van der Waals surface area (Å²) < 4.78 is 1.09. The van der Waals surface area contributed by atoms with Crippen LogP contribution in [0.2, 0.25) is 0 Å². The molecule has 0 amide bonds. The smallest absolute Gasteiger partial charge is 0.0727 e. The third-order valence-corrected chi connectivity index (χ3v) is 4.23. The summed E-state index contributed by atoms with van der Waals surface area (Å²) in [6.07, 6.45) is 5.35. The lowest BCUT2D eigenvalue weighted by Gasteiger charge is -2.40. The highest BCUT2D eigenvalue weighted by Gasteiger charge is 2.32. The maximum absolute atomic E-state index is 6.23. The predicted octanol–water partition coefficient (Wildman–Crippen LogP) is 3.29. The third-order valence-electron chi connectivity index (χ3n) is 3.73. The second kappa shape index (κ2) is 5.76. The minimum Gasteiger partial charge on any atom is -0.403 e. The fraction of sp³-hybridized carbons (Fsp3) is 0.429. The Hall–Kier alpha value is -1.00. The Balaban J connectivity index is 2.30. The van der Waals surface area contributed by atoms with Gasteiger partial charge in [0.05, 0.1) is 6.04 Å². The molecule has 18 heavy (non-hydrogen) atoms. The molecule has 1 aliphatic carbocycles. The van der Waals surface area contributed by atoms with E-state index >= 15 is 0 Å². The molecule has 0 bridgehead atoms. The Labute approximate surface area is 117 Å². The minimum absolute atomic E-state index is 0.219. The van der Waals surface area contributed by atoms with Gasteiger partial charge in [-0.2, -0.15) is 0 Å². The summed E-state index contributed by atoms with van der Waals surface area (Å²) in [6, 6.07) is 8.59. The van der Waals surface area contributed by atoms with Crippen LogP contribution in [0, 0.1) is 5.92 Å². The number of nitrogens with two attached hydrogens (primary N) is 2. The van der Waals surface area contributed by atoms with Gasteiger partial charge < -0.3 is 10.7 Å². The number of nitrogens with zero attached hydrogens (tertiary/aromatic N) is 1. The van der Waals surface area contributed by atoms with E-state index in [9.17, 15) is 0 Å². The molecule has 1 saturated carbocycles. The molecule has 0 spiro atoms. The summed E-state index contributed by atoms with van der Waals surface area (Å²) in [5, 5.41) is 1.81. The van der Waals surface area contributed by atoms with Crippen molar-refractivity contribution >= 4 is 15.9 Å². The SMILES string of the molecule is C/C(=C/N)N(N)C(c1cccc(Br)c1)C1CCC1. The summed E-state index contributed by atoms with van der Waals surface area (Å²) >= 11 is 3.52. The number of halogens is 1. The van der Waals surface area contributed by atoms with Crippen molar-refractivity contribution in [2.45, 2.75) is 32.2 Å². The summed E-state index contributed by atoms with van der Waals surface area (Å²) in [5.74, 6) is 6.86. The summed E-state index contributed by atoms with van der Waals surface area (Å²) in [4.78, 5) is 0. The number of hydrogen-bond donors (Lipinski definition) is 2. The van der Waals surface area contributed by atoms with Gasteiger partial charge in [0.2, 0.25) is 0 Å². The zero-order valence-electron chi connectivity index (χ0n) is 10.6. The first kappa shape index (κ1) is 13.4. The van der Waals surface area contributed by atoms with Crippen molar-refractivity contribution < 1.29 is 0 Å². The van der Waals surface area contributed by atoms with Gasteiger partial charge in [-0.15, -0.1) is 0 Å². The van der Waals surface area contributed by atoms with Crippen molar-refractivity contribution in [2.75, 3.05) is 0 Å². The maximum Gasteiger partial charge on any atom is 0.0727 e. The van der Waals surface area contributed by atoms with Crippen LogP contribution in [0.25, 0.3) is 0 Å². The van der Waals surface area contributed by atoms with Crippen LogP contribution >= 0.6 is 15.9 Å². The van der Waals surface area contributed by atoms with E-state index in [4.69, 9.17) is 11.6 Å². The number of allylic oxidation sites excluding steroid dienone is 1. The zero-order valence-corrected chi connectivity index (χ0v) is 12.2. The van der Waals surface area contributed by atoms with Crippen LogP contribution < -0.4 is 11.6 Å². The van der Waals surface area contributed by atoms with Gasteiger partial charge in [-0.1, -0.05) is 34.5 Å². The predicted molar refractivity (Wildman–Crippen MR) is 78.2 cm³/mol. The lowest BCUT2D eigenvalue weighted by atomic mass is 9.77. The molecule has 1 fully saturated rings. The first-order valence-electron chi connectivity index (χ1n) is 6.31. The molecule has 0 aromatic heterocycles. The quantitative estimate of drug-likeness (QED) is 0.663. The molecule has 4 N–H and O–H groups in total. The molecule has 0 radical (unpaired) electrons. The van der Waals surface area contributed by atoms with Crippen LogP contribution in [-0.4, -0.2) is 5.01 Å². The fourth-order valence-electron chi connectivity index (χ4n) is 2.41. The Bertz CT molecular complexity index is 440. The Morgan fingerprint density at radius 1 is 1.50 bits per heavy atom. The average molecular weight is 310 g/mol. The Kier molecular flexibility index (Phi) is 4.30. The average Bonchev–Trinajstić information content (AvgIpc) is 2.31. The highest BCUT2D eigenvalue weighted by molar-refractivity contribution is 9.10. The third kappa shape index (κ3) is 2.70. The fourth-order valence-corrected chi connectivity index (χ4v) is 2.83. The standard InChI is InChI=1S/C14H20BrN3/c1-10(9-16)18(17)14(11-4-2-5-11)12-6-3-7-13(15)8-12/h3,6-9,11,14H,2,4-5,16-17H2,1H3/b10-9-. The van der Waals surface area contributed by atoms with Gasteiger partial charge in [0.25, 0.3) is 0 Å². The monoisotopic (exact) mass is 309 g/mol. The molecule has 1 atom stereocenters. The van der Waals surface area contributed by atoms with Gasteiger partial charge in [0, 0.05) is 16.4 Å². The second-order valence-electron chi connectivity index (χ2n) is 4.91. The van der Waals surface area contributed by atoms with Crippen LogP contribution in [0.4, 0.5) is 0 Å².